The molecular formula is C25H24N4O2. The molecule has 4 aromatic rings. The van der Waals surface area contributed by atoms with Crippen molar-refractivity contribution in [3.8, 4) is 0 Å². The number of anilines is 1. The predicted octanol–water partition coefficient (Wildman–Crippen LogP) is 4.38. The van der Waals surface area contributed by atoms with Gasteiger partial charge in [0.15, 0.2) is 0 Å². The van der Waals surface area contributed by atoms with Gasteiger partial charge in [0.2, 0.25) is 0 Å². The molecule has 0 saturated carbocycles. The summed E-state index contributed by atoms with van der Waals surface area (Å²) in [5.41, 5.74) is 3.42. The Morgan fingerprint density at radius 1 is 0.968 bits per heavy atom. The largest absolute Gasteiger partial charge is 0.334 e. The van der Waals surface area contributed by atoms with Crippen molar-refractivity contribution in [3.05, 3.63) is 106 Å². The van der Waals surface area contributed by atoms with Crippen LogP contribution < -0.4 is 16.2 Å². The molecule has 0 unspecified atom stereocenters. The van der Waals surface area contributed by atoms with Crippen LogP contribution in [0.5, 0.6) is 0 Å². The molecule has 3 aromatic carbocycles. The number of rotatable bonds is 6. The zero-order valence-electron chi connectivity index (χ0n) is 17.3. The fourth-order valence-electron chi connectivity index (χ4n) is 3.48. The molecule has 4 rings (SSSR count). The monoisotopic (exact) mass is 412 g/mol. The Bertz CT molecular complexity index is 1270. The minimum atomic E-state index is -0.315. The zero-order valence-corrected chi connectivity index (χ0v) is 17.3. The molecule has 156 valence electrons. The predicted molar refractivity (Wildman–Crippen MR) is 125 cm³/mol. The second kappa shape index (κ2) is 9.17. The number of aromatic nitrogens is 2. The van der Waals surface area contributed by atoms with E-state index in [0.717, 1.165) is 16.6 Å². The number of urea groups is 1. The summed E-state index contributed by atoms with van der Waals surface area (Å²) in [4.78, 5) is 25.0. The van der Waals surface area contributed by atoms with Crippen LogP contribution >= 0.6 is 0 Å². The molecule has 0 atom stereocenters. The van der Waals surface area contributed by atoms with Gasteiger partial charge in [0.25, 0.3) is 5.56 Å². The second-order valence-electron chi connectivity index (χ2n) is 7.25. The maximum Gasteiger partial charge on any atom is 0.319 e. The van der Waals surface area contributed by atoms with Crippen LogP contribution in [0.15, 0.2) is 89.7 Å². The Kier molecular flexibility index (Phi) is 5.98. The third kappa shape index (κ3) is 4.75. The lowest BCUT2D eigenvalue weighted by atomic mass is 10.2. The molecule has 6 heteroatoms. The van der Waals surface area contributed by atoms with Gasteiger partial charge < -0.3 is 10.6 Å². The van der Waals surface area contributed by atoms with Crippen LogP contribution in [-0.4, -0.2) is 15.4 Å². The summed E-state index contributed by atoms with van der Waals surface area (Å²) < 4.78 is 3.51. The zero-order chi connectivity index (χ0) is 21.6. The first-order valence-electron chi connectivity index (χ1n) is 10.1. The molecular weight excluding hydrogens is 388 g/mol. The van der Waals surface area contributed by atoms with Crippen molar-refractivity contribution in [2.75, 3.05) is 5.32 Å². The molecule has 0 aliphatic carbocycles. The number of nitrogens with zero attached hydrogens (tertiary/aromatic N) is 2. The van der Waals surface area contributed by atoms with Crippen LogP contribution in [-0.2, 0) is 20.1 Å². The fraction of sp³-hybridized carbons (Fsp3) is 0.120. The normalized spacial score (nSPS) is 11.1. The molecule has 0 bridgehead atoms. The third-order valence-corrected chi connectivity index (χ3v) is 5.10. The lowest BCUT2D eigenvalue weighted by Crippen LogP contribution is -2.28. The van der Waals surface area contributed by atoms with Crippen molar-refractivity contribution in [1.29, 1.82) is 0 Å². The smallest absolute Gasteiger partial charge is 0.319 e. The van der Waals surface area contributed by atoms with Crippen molar-refractivity contribution in [2.45, 2.75) is 13.1 Å². The molecule has 31 heavy (non-hydrogen) atoms. The SMILES string of the molecule is Cn1c(=O)c2cc(NC(=O)NCc3ccccc3)ccc2n1C/C=C/c1ccccc1. The van der Waals surface area contributed by atoms with Crippen LogP contribution in [0.2, 0.25) is 0 Å². The minimum absolute atomic E-state index is 0.101. The molecule has 0 spiro atoms. The topological polar surface area (TPSA) is 68.1 Å². The summed E-state index contributed by atoms with van der Waals surface area (Å²) in [5.74, 6) is 0. The van der Waals surface area contributed by atoms with Crippen molar-refractivity contribution in [3.63, 3.8) is 0 Å². The molecule has 0 fully saturated rings. The Hall–Kier alpha value is -4.06. The van der Waals surface area contributed by atoms with Crippen LogP contribution in [0.3, 0.4) is 0 Å². The number of amides is 2. The number of benzene rings is 3. The first-order valence-corrected chi connectivity index (χ1v) is 10.1. The van der Waals surface area contributed by atoms with Crippen LogP contribution in [0.1, 0.15) is 11.1 Å². The quantitative estimate of drug-likeness (QED) is 0.494. The first kappa shape index (κ1) is 20.2. The van der Waals surface area contributed by atoms with Crippen molar-refractivity contribution >= 4 is 28.7 Å². The van der Waals surface area contributed by atoms with E-state index in [2.05, 4.69) is 10.6 Å². The maximum atomic E-state index is 12.7. The summed E-state index contributed by atoms with van der Waals surface area (Å²) in [6.45, 7) is 0.995. The van der Waals surface area contributed by atoms with Gasteiger partial charge in [0.05, 0.1) is 17.4 Å². The van der Waals surface area contributed by atoms with Crippen LogP contribution in [0, 0.1) is 0 Å². The summed E-state index contributed by atoms with van der Waals surface area (Å²) >= 11 is 0. The Labute approximate surface area is 180 Å². The number of allylic oxidation sites excluding steroid dienone is 1. The molecule has 6 nitrogen and oxygen atoms in total. The Morgan fingerprint density at radius 3 is 2.42 bits per heavy atom. The van der Waals surface area contributed by atoms with E-state index in [0.29, 0.717) is 24.2 Å². The number of nitrogens with one attached hydrogen (secondary N) is 2. The van der Waals surface area contributed by atoms with Crippen LogP contribution in [0.4, 0.5) is 10.5 Å². The van der Waals surface area contributed by atoms with E-state index >= 15 is 0 Å². The van der Waals surface area contributed by atoms with Gasteiger partial charge in [-0.1, -0.05) is 72.8 Å². The lowest BCUT2D eigenvalue weighted by molar-refractivity contribution is 0.251. The second-order valence-corrected chi connectivity index (χ2v) is 7.25. The standard InChI is InChI=1S/C25H24N4O2/c1-28-24(30)22-17-21(27-25(31)26-18-20-11-6-3-7-12-20)14-15-23(22)29(28)16-8-13-19-9-4-2-5-10-19/h2-15,17H,16,18H2,1H3,(H2,26,27,31)/b13-8+. The van der Waals surface area contributed by atoms with Gasteiger partial charge in [0.1, 0.15) is 0 Å². The van der Waals surface area contributed by atoms with Crippen LogP contribution in [0.25, 0.3) is 17.0 Å². The highest BCUT2D eigenvalue weighted by Crippen LogP contribution is 2.17. The van der Waals surface area contributed by atoms with Crippen molar-refractivity contribution < 1.29 is 4.79 Å². The van der Waals surface area contributed by atoms with E-state index < -0.39 is 0 Å². The van der Waals surface area contributed by atoms with Gasteiger partial charge in [-0.05, 0) is 29.3 Å². The van der Waals surface area contributed by atoms with E-state index in [4.69, 9.17) is 0 Å². The molecule has 0 saturated heterocycles. The van der Waals surface area contributed by atoms with Gasteiger partial charge in [-0.15, -0.1) is 0 Å². The number of fused-ring (bicyclic) bond motifs is 1. The van der Waals surface area contributed by atoms with Gasteiger partial charge >= 0.3 is 6.03 Å². The average molecular weight is 412 g/mol. The van der Waals surface area contributed by atoms with Gasteiger partial charge in [-0.3, -0.25) is 14.2 Å². The molecule has 1 heterocycles. The van der Waals surface area contributed by atoms with E-state index in [-0.39, 0.29) is 11.6 Å². The maximum absolute atomic E-state index is 12.7. The van der Waals surface area contributed by atoms with E-state index in [9.17, 15) is 9.59 Å². The highest BCUT2D eigenvalue weighted by atomic mass is 16.2. The number of hydrogen-bond acceptors (Lipinski definition) is 2. The third-order valence-electron chi connectivity index (χ3n) is 5.10. The van der Waals surface area contributed by atoms with Crippen molar-refractivity contribution in [2.24, 2.45) is 7.05 Å². The summed E-state index contributed by atoms with van der Waals surface area (Å²) in [5, 5.41) is 6.19. The minimum Gasteiger partial charge on any atom is -0.334 e. The highest BCUT2D eigenvalue weighted by molar-refractivity contribution is 5.92. The first-order chi connectivity index (χ1) is 15.1. The number of hydrogen-bond donors (Lipinski definition) is 2. The molecule has 2 amide bonds. The van der Waals surface area contributed by atoms with E-state index in [1.165, 1.54) is 0 Å². The fourth-order valence-corrected chi connectivity index (χ4v) is 3.48. The van der Waals surface area contributed by atoms with Gasteiger partial charge in [-0.2, -0.15) is 0 Å². The average Bonchev–Trinajstić information content (AvgIpc) is 3.03. The van der Waals surface area contributed by atoms with Gasteiger partial charge in [0, 0.05) is 19.3 Å². The molecule has 0 radical (unpaired) electrons. The van der Waals surface area contributed by atoms with E-state index in [1.807, 2.05) is 83.6 Å². The van der Waals surface area contributed by atoms with Crippen molar-refractivity contribution in [1.82, 2.24) is 14.7 Å². The highest BCUT2D eigenvalue weighted by Gasteiger charge is 2.11. The molecule has 0 aliphatic rings. The molecule has 1 aromatic heterocycles. The number of carbonyl (C=O) groups excluding carboxylic acids is 1. The molecule has 2 N–H and O–H groups in total. The Morgan fingerprint density at radius 2 is 1.68 bits per heavy atom. The summed E-state index contributed by atoms with van der Waals surface area (Å²) in [6.07, 6.45) is 4.06. The van der Waals surface area contributed by atoms with E-state index in [1.54, 1.807) is 23.9 Å². The summed E-state index contributed by atoms with van der Waals surface area (Å²) in [6, 6.07) is 24.8. The Balaban J connectivity index is 1.48. The lowest BCUT2D eigenvalue weighted by Gasteiger charge is -2.09. The number of carbonyl (C=O) groups is 1. The van der Waals surface area contributed by atoms with Gasteiger partial charge in [-0.25, -0.2) is 4.79 Å². The molecule has 0 aliphatic heterocycles. The summed E-state index contributed by atoms with van der Waals surface area (Å²) in [7, 11) is 1.75.